The van der Waals surface area contributed by atoms with Crippen LogP contribution in [0.4, 0.5) is 13.2 Å². The van der Waals surface area contributed by atoms with Gasteiger partial charge in [0.15, 0.2) is 0 Å². The zero-order chi connectivity index (χ0) is 15.3. The molecule has 0 aliphatic rings. The van der Waals surface area contributed by atoms with E-state index in [2.05, 4.69) is 24.1 Å². The second-order valence-electron chi connectivity index (χ2n) is 5.60. The second kappa shape index (κ2) is 7.09. The van der Waals surface area contributed by atoms with Crippen LogP contribution in [-0.2, 0) is 12.7 Å². The van der Waals surface area contributed by atoms with Crippen molar-refractivity contribution in [3.05, 3.63) is 35.4 Å². The number of likely N-dealkylation sites (N-methyl/N-ethyl adjacent to an activating group) is 1. The Morgan fingerprint density at radius 1 is 1.20 bits per heavy atom. The topological polar surface area (TPSA) is 15.3 Å². The maximum Gasteiger partial charge on any atom is 0.416 e. The van der Waals surface area contributed by atoms with Crippen molar-refractivity contribution in [3.63, 3.8) is 0 Å². The minimum absolute atomic E-state index is 0.362. The lowest BCUT2D eigenvalue weighted by Crippen LogP contribution is -2.41. The summed E-state index contributed by atoms with van der Waals surface area (Å²) in [5.41, 5.74) is 0.0610. The van der Waals surface area contributed by atoms with Crippen molar-refractivity contribution in [2.75, 3.05) is 20.6 Å². The van der Waals surface area contributed by atoms with E-state index in [-0.39, 0.29) is 0 Å². The largest absolute Gasteiger partial charge is 0.416 e. The van der Waals surface area contributed by atoms with Gasteiger partial charge in [-0.2, -0.15) is 13.2 Å². The van der Waals surface area contributed by atoms with Crippen LogP contribution in [0.5, 0.6) is 0 Å². The molecule has 0 amide bonds. The molecule has 1 rings (SSSR count). The van der Waals surface area contributed by atoms with E-state index in [1.807, 2.05) is 14.1 Å². The van der Waals surface area contributed by atoms with Gasteiger partial charge < -0.3 is 10.2 Å². The lowest BCUT2D eigenvalue weighted by atomic mass is 10.0. The van der Waals surface area contributed by atoms with Crippen LogP contribution in [0.15, 0.2) is 24.3 Å². The van der Waals surface area contributed by atoms with E-state index >= 15 is 0 Å². The second-order valence-corrected chi connectivity index (χ2v) is 5.60. The Morgan fingerprint density at radius 2 is 1.85 bits per heavy atom. The monoisotopic (exact) mass is 288 g/mol. The van der Waals surface area contributed by atoms with Crippen LogP contribution < -0.4 is 5.32 Å². The normalized spacial score (nSPS) is 14.1. The zero-order valence-corrected chi connectivity index (χ0v) is 12.5. The van der Waals surface area contributed by atoms with Gasteiger partial charge in [-0.25, -0.2) is 0 Å². The van der Waals surface area contributed by atoms with Gasteiger partial charge in [0.25, 0.3) is 0 Å². The first-order valence-corrected chi connectivity index (χ1v) is 6.75. The predicted molar refractivity (Wildman–Crippen MR) is 75.5 cm³/mol. The summed E-state index contributed by atoms with van der Waals surface area (Å²) in [7, 11) is 4.02. The van der Waals surface area contributed by atoms with Gasteiger partial charge in [-0.15, -0.1) is 0 Å². The molecule has 1 aromatic carbocycles. The number of nitrogens with zero attached hydrogens (tertiary/aromatic N) is 1. The molecule has 1 atom stereocenters. The van der Waals surface area contributed by atoms with Crippen molar-refractivity contribution in [3.8, 4) is 0 Å². The smallest absolute Gasteiger partial charge is 0.311 e. The third-order valence-corrected chi connectivity index (χ3v) is 3.37. The Labute approximate surface area is 119 Å². The summed E-state index contributed by atoms with van der Waals surface area (Å²) in [4.78, 5) is 2.13. The SMILES string of the molecule is CC(C)C(CNCc1cccc(C(F)(F)F)c1)N(C)C. The number of alkyl halides is 3. The van der Waals surface area contributed by atoms with Crippen LogP contribution in [0.2, 0.25) is 0 Å². The fourth-order valence-electron chi connectivity index (χ4n) is 2.24. The van der Waals surface area contributed by atoms with Crippen LogP contribution >= 0.6 is 0 Å². The molecule has 1 unspecified atom stereocenters. The summed E-state index contributed by atoms with van der Waals surface area (Å²) in [6.45, 7) is 5.47. The number of hydrogen-bond donors (Lipinski definition) is 1. The van der Waals surface area contributed by atoms with E-state index in [0.29, 0.717) is 24.1 Å². The lowest BCUT2D eigenvalue weighted by Gasteiger charge is -2.28. The van der Waals surface area contributed by atoms with Crippen molar-refractivity contribution in [2.45, 2.75) is 32.6 Å². The Bertz CT molecular complexity index is 406. The average Bonchev–Trinajstić information content (AvgIpc) is 2.33. The molecule has 1 N–H and O–H groups in total. The van der Waals surface area contributed by atoms with Crippen LogP contribution in [0, 0.1) is 5.92 Å². The molecule has 5 heteroatoms. The zero-order valence-electron chi connectivity index (χ0n) is 12.5. The highest BCUT2D eigenvalue weighted by atomic mass is 19.4. The molecular weight excluding hydrogens is 265 g/mol. The van der Waals surface area contributed by atoms with Crippen molar-refractivity contribution in [1.29, 1.82) is 0 Å². The Morgan fingerprint density at radius 3 is 2.35 bits per heavy atom. The van der Waals surface area contributed by atoms with Crippen molar-refractivity contribution in [2.24, 2.45) is 5.92 Å². The highest BCUT2D eigenvalue weighted by Crippen LogP contribution is 2.29. The highest BCUT2D eigenvalue weighted by Gasteiger charge is 2.30. The minimum Gasteiger partial charge on any atom is -0.311 e. The standard InChI is InChI=1S/C15H23F3N2/c1-11(2)14(20(3)4)10-19-9-12-6-5-7-13(8-12)15(16,17)18/h5-8,11,14,19H,9-10H2,1-4H3. The summed E-state index contributed by atoms with van der Waals surface area (Å²) in [5, 5.41) is 3.23. The predicted octanol–water partition coefficient (Wildman–Crippen LogP) is 3.38. The van der Waals surface area contributed by atoms with Crippen LogP contribution in [0.25, 0.3) is 0 Å². The van der Waals surface area contributed by atoms with Crippen LogP contribution in [-0.4, -0.2) is 31.6 Å². The summed E-state index contributed by atoms with van der Waals surface area (Å²) in [6.07, 6.45) is -4.28. The van der Waals surface area contributed by atoms with Gasteiger partial charge >= 0.3 is 6.18 Å². The van der Waals surface area contributed by atoms with E-state index in [4.69, 9.17) is 0 Å². The molecule has 0 radical (unpaired) electrons. The van der Waals surface area contributed by atoms with Gasteiger partial charge in [0.05, 0.1) is 5.56 Å². The molecule has 0 bridgehead atoms. The van der Waals surface area contributed by atoms with Gasteiger partial charge in [0, 0.05) is 19.1 Å². The van der Waals surface area contributed by atoms with Gasteiger partial charge in [-0.3, -0.25) is 0 Å². The summed E-state index contributed by atoms with van der Waals surface area (Å²) < 4.78 is 37.8. The summed E-state index contributed by atoms with van der Waals surface area (Å²) in [6, 6.07) is 5.82. The summed E-state index contributed by atoms with van der Waals surface area (Å²) in [5.74, 6) is 0.485. The first kappa shape index (κ1) is 17.0. The number of rotatable bonds is 6. The first-order valence-electron chi connectivity index (χ1n) is 6.75. The molecule has 0 spiro atoms. The third kappa shape index (κ3) is 5.13. The van der Waals surface area contributed by atoms with Gasteiger partial charge in [0.2, 0.25) is 0 Å². The molecule has 114 valence electrons. The maximum absolute atomic E-state index is 12.6. The van der Waals surface area contributed by atoms with Gasteiger partial charge in [-0.1, -0.05) is 32.0 Å². The molecular formula is C15H23F3N2. The Kier molecular flexibility index (Phi) is 6.02. The van der Waals surface area contributed by atoms with E-state index in [1.165, 1.54) is 12.1 Å². The Balaban J connectivity index is 2.58. The third-order valence-electron chi connectivity index (χ3n) is 3.37. The molecule has 0 saturated heterocycles. The Hall–Kier alpha value is -1.07. The fourth-order valence-corrected chi connectivity index (χ4v) is 2.24. The minimum atomic E-state index is -4.28. The maximum atomic E-state index is 12.6. The highest BCUT2D eigenvalue weighted by molar-refractivity contribution is 5.25. The molecule has 0 fully saturated rings. The molecule has 0 heterocycles. The molecule has 0 aliphatic carbocycles. The van der Waals surface area contributed by atoms with Crippen LogP contribution in [0.3, 0.4) is 0 Å². The van der Waals surface area contributed by atoms with Crippen molar-refractivity contribution < 1.29 is 13.2 Å². The van der Waals surface area contributed by atoms with Crippen molar-refractivity contribution >= 4 is 0 Å². The van der Waals surface area contributed by atoms with E-state index < -0.39 is 11.7 Å². The first-order chi connectivity index (χ1) is 9.21. The molecule has 1 aromatic rings. The molecule has 20 heavy (non-hydrogen) atoms. The average molecular weight is 288 g/mol. The van der Waals surface area contributed by atoms with E-state index in [9.17, 15) is 13.2 Å². The molecule has 0 saturated carbocycles. The molecule has 0 aromatic heterocycles. The quantitative estimate of drug-likeness (QED) is 0.863. The van der Waals surface area contributed by atoms with Crippen molar-refractivity contribution in [1.82, 2.24) is 10.2 Å². The number of hydrogen-bond acceptors (Lipinski definition) is 2. The summed E-state index contributed by atoms with van der Waals surface area (Å²) >= 11 is 0. The van der Waals surface area contributed by atoms with Gasteiger partial charge in [0.1, 0.15) is 0 Å². The molecule has 0 aliphatic heterocycles. The number of nitrogens with one attached hydrogen (secondary N) is 1. The number of benzene rings is 1. The van der Waals surface area contributed by atoms with E-state index in [0.717, 1.165) is 12.6 Å². The van der Waals surface area contributed by atoms with Crippen LogP contribution in [0.1, 0.15) is 25.0 Å². The molecule has 2 nitrogen and oxygen atoms in total. The fraction of sp³-hybridized carbons (Fsp3) is 0.600. The number of halogens is 3. The lowest BCUT2D eigenvalue weighted by molar-refractivity contribution is -0.137. The van der Waals surface area contributed by atoms with Gasteiger partial charge in [-0.05, 0) is 31.6 Å². The van der Waals surface area contributed by atoms with E-state index in [1.54, 1.807) is 6.07 Å².